The van der Waals surface area contributed by atoms with Crippen molar-refractivity contribution in [2.45, 2.75) is 82.8 Å². The molecule has 0 aromatic rings. The Morgan fingerprint density at radius 2 is 1.79 bits per heavy atom. The third kappa shape index (κ3) is 7.24. The first-order valence-electron chi connectivity index (χ1n) is 8.10. The minimum absolute atomic E-state index is 0.0902. The van der Waals surface area contributed by atoms with Crippen LogP contribution >= 0.6 is 11.8 Å². The van der Waals surface area contributed by atoms with Crippen molar-refractivity contribution < 1.29 is 9.90 Å². The molecule has 19 heavy (non-hydrogen) atoms. The molecule has 1 heterocycles. The number of unbranched alkanes of at least 4 members (excludes halogenated alkanes) is 7. The Labute approximate surface area is 122 Å². The molecule has 1 aliphatic heterocycles. The van der Waals surface area contributed by atoms with Crippen LogP contribution in [-0.2, 0) is 4.79 Å². The van der Waals surface area contributed by atoms with Gasteiger partial charge in [0.2, 0.25) is 0 Å². The molecule has 2 unspecified atom stereocenters. The van der Waals surface area contributed by atoms with Gasteiger partial charge in [0, 0.05) is 5.25 Å². The first-order chi connectivity index (χ1) is 9.25. The molecule has 0 aromatic carbocycles. The lowest BCUT2D eigenvalue weighted by Crippen LogP contribution is -2.24. The molecule has 0 amide bonds. The van der Waals surface area contributed by atoms with Crippen molar-refractivity contribution >= 4 is 17.7 Å². The van der Waals surface area contributed by atoms with Crippen LogP contribution in [0.15, 0.2) is 0 Å². The highest BCUT2D eigenvalue weighted by Gasteiger charge is 2.30. The summed E-state index contributed by atoms with van der Waals surface area (Å²) >= 11 is 1.88. The van der Waals surface area contributed by atoms with E-state index in [1.807, 2.05) is 11.8 Å². The van der Waals surface area contributed by atoms with Crippen LogP contribution in [0.3, 0.4) is 0 Å². The van der Waals surface area contributed by atoms with Gasteiger partial charge in [0.15, 0.2) is 0 Å². The van der Waals surface area contributed by atoms with Crippen LogP contribution < -0.4 is 0 Å². The average molecular weight is 286 g/mol. The summed E-state index contributed by atoms with van der Waals surface area (Å²) in [6.07, 6.45) is 13.5. The van der Waals surface area contributed by atoms with Gasteiger partial charge >= 0.3 is 5.97 Å². The number of carbonyl (C=O) groups is 1. The molecular formula is C16H30O2S. The molecule has 2 nitrogen and oxygen atoms in total. The fourth-order valence-electron chi connectivity index (χ4n) is 2.89. The second-order valence-electron chi connectivity index (χ2n) is 5.76. The highest BCUT2D eigenvalue weighted by atomic mass is 32.2. The van der Waals surface area contributed by atoms with Crippen LogP contribution in [0.25, 0.3) is 0 Å². The maximum absolute atomic E-state index is 11.3. The Hall–Kier alpha value is -0.180. The first kappa shape index (κ1) is 16.9. The van der Waals surface area contributed by atoms with Gasteiger partial charge in [-0.15, -0.1) is 0 Å². The van der Waals surface area contributed by atoms with Gasteiger partial charge in [-0.1, -0.05) is 58.3 Å². The molecule has 1 N–H and O–H groups in total. The van der Waals surface area contributed by atoms with E-state index in [0.717, 1.165) is 25.0 Å². The van der Waals surface area contributed by atoms with Crippen molar-refractivity contribution in [1.82, 2.24) is 0 Å². The topological polar surface area (TPSA) is 37.3 Å². The fourth-order valence-corrected chi connectivity index (χ4v) is 4.34. The minimum atomic E-state index is -0.567. The van der Waals surface area contributed by atoms with Gasteiger partial charge in [-0.2, -0.15) is 11.8 Å². The molecule has 0 bridgehead atoms. The summed E-state index contributed by atoms with van der Waals surface area (Å²) in [6, 6.07) is 0. The Bertz CT molecular complexity index is 237. The largest absolute Gasteiger partial charge is 0.481 e. The smallest absolute Gasteiger partial charge is 0.307 e. The molecule has 1 aliphatic rings. The number of thioether (sulfide) groups is 1. The van der Waals surface area contributed by atoms with E-state index in [2.05, 4.69) is 6.92 Å². The van der Waals surface area contributed by atoms with Gasteiger partial charge in [0.05, 0.1) is 5.92 Å². The van der Waals surface area contributed by atoms with E-state index in [1.165, 1.54) is 51.4 Å². The molecule has 112 valence electrons. The summed E-state index contributed by atoms with van der Waals surface area (Å²) < 4.78 is 0. The van der Waals surface area contributed by atoms with Crippen LogP contribution in [0.1, 0.15) is 77.6 Å². The Morgan fingerprint density at radius 3 is 2.32 bits per heavy atom. The summed E-state index contributed by atoms with van der Waals surface area (Å²) in [6.45, 7) is 2.24. The summed E-state index contributed by atoms with van der Waals surface area (Å²) in [5, 5.41) is 9.71. The van der Waals surface area contributed by atoms with Crippen molar-refractivity contribution in [3.05, 3.63) is 0 Å². The van der Waals surface area contributed by atoms with Crippen molar-refractivity contribution in [1.29, 1.82) is 0 Å². The molecule has 1 rings (SSSR count). The molecule has 3 heteroatoms. The lowest BCUT2D eigenvalue weighted by molar-refractivity contribution is -0.142. The zero-order chi connectivity index (χ0) is 13.9. The second-order valence-corrected chi connectivity index (χ2v) is 7.11. The maximum atomic E-state index is 11.3. The number of hydrogen-bond donors (Lipinski definition) is 1. The number of aliphatic carboxylic acids is 1. The first-order valence-corrected chi connectivity index (χ1v) is 9.15. The lowest BCUT2D eigenvalue weighted by Gasteiger charge is -2.18. The highest BCUT2D eigenvalue weighted by molar-refractivity contribution is 8.00. The zero-order valence-corrected chi connectivity index (χ0v) is 13.2. The molecule has 0 aromatic heterocycles. The third-order valence-corrected chi connectivity index (χ3v) is 5.62. The van der Waals surface area contributed by atoms with Crippen molar-refractivity contribution in [3.63, 3.8) is 0 Å². The number of carboxylic acid groups (broad SMARTS) is 1. The van der Waals surface area contributed by atoms with Crippen LogP contribution in [0, 0.1) is 5.92 Å². The molecule has 1 fully saturated rings. The fraction of sp³-hybridized carbons (Fsp3) is 0.938. The molecule has 0 spiro atoms. The maximum Gasteiger partial charge on any atom is 0.307 e. The van der Waals surface area contributed by atoms with E-state index < -0.39 is 5.97 Å². The lowest BCUT2D eigenvalue weighted by atomic mass is 9.95. The van der Waals surface area contributed by atoms with E-state index in [1.54, 1.807) is 0 Å². The van der Waals surface area contributed by atoms with E-state index in [4.69, 9.17) is 0 Å². The average Bonchev–Trinajstić information content (AvgIpc) is 2.90. The number of carboxylic acids is 1. The van der Waals surface area contributed by atoms with E-state index >= 15 is 0 Å². The van der Waals surface area contributed by atoms with Crippen LogP contribution in [0.4, 0.5) is 0 Å². The predicted molar refractivity (Wildman–Crippen MR) is 83.8 cm³/mol. The number of hydrogen-bond acceptors (Lipinski definition) is 2. The zero-order valence-electron chi connectivity index (χ0n) is 12.4. The van der Waals surface area contributed by atoms with Gasteiger partial charge < -0.3 is 5.11 Å². The van der Waals surface area contributed by atoms with Crippen molar-refractivity contribution in [2.24, 2.45) is 5.92 Å². The van der Waals surface area contributed by atoms with E-state index in [9.17, 15) is 9.90 Å². The Balaban J connectivity index is 2.03. The quantitative estimate of drug-likeness (QED) is 0.536. The van der Waals surface area contributed by atoms with E-state index in [-0.39, 0.29) is 5.92 Å². The van der Waals surface area contributed by atoms with Gasteiger partial charge in [0.25, 0.3) is 0 Å². The molecular weight excluding hydrogens is 256 g/mol. The monoisotopic (exact) mass is 286 g/mol. The van der Waals surface area contributed by atoms with Gasteiger partial charge in [-0.25, -0.2) is 0 Å². The van der Waals surface area contributed by atoms with Gasteiger partial charge in [-0.3, -0.25) is 4.79 Å². The molecule has 2 atom stereocenters. The van der Waals surface area contributed by atoms with Crippen LogP contribution in [0.5, 0.6) is 0 Å². The van der Waals surface area contributed by atoms with Crippen LogP contribution in [-0.4, -0.2) is 22.1 Å². The van der Waals surface area contributed by atoms with E-state index in [0.29, 0.717) is 5.25 Å². The standard InChI is InChI=1S/C16H30O2S/c1-2-3-4-5-6-7-8-9-11-14(16(17)18)15-12-10-13-19-15/h14-15H,2-13H2,1H3,(H,17,18). The van der Waals surface area contributed by atoms with Crippen LogP contribution in [0.2, 0.25) is 0 Å². The second kappa shape index (κ2) is 10.6. The van der Waals surface area contributed by atoms with Gasteiger partial charge in [-0.05, 0) is 25.0 Å². The summed E-state index contributed by atoms with van der Waals surface area (Å²) in [5.74, 6) is 0.501. The molecule has 0 radical (unpaired) electrons. The molecule has 0 aliphatic carbocycles. The summed E-state index contributed by atoms with van der Waals surface area (Å²) in [4.78, 5) is 11.3. The normalized spacial score (nSPS) is 20.6. The summed E-state index contributed by atoms with van der Waals surface area (Å²) in [7, 11) is 0. The van der Waals surface area contributed by atoms with Crippen molar-refractivity contribution in [2.75, 3.05) is 5.75 Å². The minimum Gasteiger partial charge on any atom is -0.481 e. The Kier molecular flexibility index (Phi) is 9.40. The van der Waals surface area contributed by atoms with Gasteiger partial charge in [0.1, 0.15) is 0 Å². The highest BCUT2D eigenvalue weighted by Crippen LogP contribution is 2.34. The SMILES string of the molecule is CCCCCCCCCCC(C(=O)O)C1CCCS1. The summed E-state index contributed by atoms with van der Waals surface area (Å²) in [5.41, 5.74) is 0. The molecule has 1 saturated heterocycles. The van der Waals surface area contributed by atoms with Crippen molar-refractivity contribution in [3.8, 4) is 0 Å². The third-order valence-electron chi connectivity index (χ3n) is 4.10. The number of rotatable bonds is 11. The Morgan fingerprint density at radius 1 is 1.16 bits per heavy atom. The predicted octanol–water partition coefficient (Wildman–Crippen LogP) is 5.11. The molecule has 0 saturated carbocycles.